The minimum atomic E-state index is -0.995. The number of piperidine rings is 1. The molecule has 4 N–H and O–H groups in total. The van der Waals surface area contributed by atoms with Crippen LogP contribution in [0.4, 0.5) is 13.6 Å². The van der Waals surface area contributed by atoms with Crippen molar-refractivity contribution in [3.63, 3.8) is 0 Å². The average Bonchev–Trinajstić information content (AvgIpc) is 3.02. The third-order valence-corrected chi connectivity index (χ3v) is 8.39. The molecule has 5 rings (SSSR count). The van der Waals surface area contributed by atoms with E-state index in [4.69, 9.17) is 4.74 Å². The molecule has 0 saturated carbocycles. The van der Waals surface area contributed by atoms with E-state index in [0.717, 1.165) is 24.7 Å². The first-order chi connectivity index (χ1) is 19.8. The van der Waals surface area contributed by atoms with Gasteiger partial charge in [-0.15, -0.1) is 12.4 Å². The summed E-state index contributed by atoms with van der Waals surface area (Å²) in [5.74, 6) is -1.98. The maximum atomic E-state index is 14.4. The van der Waals surface area contributed by atoms with E-state index in [0.29, 0.717) is 43.5 Å². The lowest BCUT2D eigenvalue weighted by molar-refractivity contribution is -0.114. The second kappa shape index (κ2) is 14.7. The Bertz CT molecular complexity index is 1360. The van der Waals surface area contributed by atoms with Gasteiger partial charge < -0.3 is 30.6 Å². The quantitative estimate of drug-likeness (QED) is 0.414. The molecule has 2 heterocycles. The van der Waals surface area contributed by atoms with Gasteiger partial charge in [-0.25, -0.2) is 13.6 Å². The van der Waals surface area contributed by atoms with Crippen LogP contribution in [0.3, 0.4) is 0 Å². The molecule has 232 valence electrons. The number of rotatable bonds is 7. The predicted molar refractivity (Wildman–Crippen MR) is 163 cm³/mol. The lowest BCUT2D eigenvalue weighted by Gasteiger charge is -2.46. The van der Waals surface area contributed by atoms with E-state index in [1.54, 1.807) is 30.1 Å². The number of nitrogens with zero attached hydrogens (tertiary/aromatic N) is 2. The summed E-state index contributed by atoms with van der Waals surface area (Å²) < 4.78 is 34.7. The van der Waals surface area contributed by atoms with Crippen molar-refractivity contribution >= 4 is 24.3 Å². The Morgan fingerprint density at radius 3 is 2.16 bits per heavy atom. The van der Waals surface area contributed by atoms with Crippen LogP contribution in [0.2, 0.25) is 0 Å². The van der Waals surface area contributed by atoms with E-state index < -0.39 is 22.8 Å². The number of hydrogen-bond acceptors (Lipinski definition) is 4. The minimum Gasteiger partial charge on any atom is -0.412 e. The van der Waals surface area contributed by atoms with Crippen LogP contribution in [0.5, 0.6) is 0 Å². The Labute approximate surface area is 257 Å². The highest BCUT2D eigenvalue weighted by Crippen LogP contribution is 2.37. The average molecular weight is 617 g/mol. The predicted octanol–water partition coefficient (Wildman–Crippen LogP) is 4.24. The highest BCUT2D eigenvalue weighted by molar-refractivity contribution is 5.94. The number of benzene rings is 3. The van der Waals surface area contributed by atoms with Crippen molar-refractivity contribution in [3.05, 3.63) is 107 Å². The van der Waals surface area contributed by atoms with Gasteiger partial charge in [-0.05, 0) is 54.7 Å². The summed E-state index contributed by atoms with van der Waals surface area (Å²) in [4.78, 5) is 29.8. The molecule has 1 unspecified atom stereocenters. The molecule has 2 saturated heterocycles. The molecule has 11 heteroatoms. The van der Waals surface area contributed by atoms with Crippen LogP contribution in [0.25, 0.3) is 0 Å². The van der Waals surface area contributed by atoms with Gasteiger partial charge in [-0.2, -0.15) is 0 Å². The lowest BCUT2D eigenvalue weighted by atomic mass is 9.80. The molecule has 8 nitrogen and oxygen atoms in total. The first kappa shape index (κ1) is 33.9. The third-order valence-electron chi connectivity index (χ3n) is 8.39. The van der Waals surface area contributed by atoms with Crippen LogP contribution in [-0.4, -0.2) is 73.6 Å². The van der Waals surface area contributed by atoms with Gasteiger partial charge in [-0.1, -0.05) is 54.6 Å². The Balaban J connectivity index is 0.00000253. The SMILES string of the molecule is CNC(=O)NC1(c2ccccc2)CCN(CCC2(c3ccc(F)c(F)c3)CN(C(=O)c3ccccc3)CCO2)CC1.Cl.O. The topological polar surface area (TPSA) is 105 Å². The zero-order valence-electron chi connectivity index (χ0n) is 24.2. The van der Waals surface area contributed by atoms with Crippen LogP contribution in [0.1, 0.15) is 40.7 Å². The molecule has 3 amide bonds. The van der Waals surface area contributed by atoms with E-state index in [-0.39, 0.29) is 43.0 Å². The van der Waals surface area contributed by atoms with Gasteiger partial charge >= 0.3 is 6.03 Å². The minimum absolute atomic E-state index is 0. The summed E-state index contributed by atoms with van der Waals surface area (Å²) in [6.45, 7) is 2.99. The molecule has 0 aliphatic carbocycles. The summed E-state index contributed by atoms with van der Waals surface area (Å²) in [5.41, 5.74) is 0.665. The van der Waals surface area contributed by atoms with E-state index in [9.17, 15) is 18.4 Å². The molecule has 43 heavy (non-hydrogen) atoms. The number of hydrogen-bond donors (Lipinski definition) is 2. The van der Waals surface area contributed by atoms with E-state index in [1.165, 1.54) is 6.07 Å². The number of amides is 3. The number of morpholine rings is 1. The van der Waals surface area contributed by atoms with Crippen molar-refractivity contribution in [1.82, 2.24) is 20.4 Å². The summed E-state index contributed by atoms with van der Waals surface area (Å²) in [5, 5.41) is 5.85. The lowest BCUT2D eigenvalue weighted by Crippen LogP contribution is -2.56. The molecule has 3 aromatic rings. The number of carbonyl (C=O) groups excluding carboxylic acids is 2. The molecule has 0 bridgehead atoms. The zero-order chi connectivity index (χ0) is 28.9. The molecule has 1 atom stereocenters. The summed E-state index contributed by atoms with van der Waals surface area (Å²) >= 11 is 0. The Morgan fingerprint density at radius 1 is 0.884 bits per heavy atom. The number of carbonyl (C=O) groups is 2. The largest absolute Gasteiger partial charge is 0.412 e. The number of ether oxygens (including phenoxy) is 1. The third kappa shape index (κ3) is 7.51. The Hall–Kier alpha value is -3.57. The Morgan fingerprint density at radius 2 is 1.53 bits per heavy atom. The van der Waals surface area contributed by atoms with Crippen LogP contribution in [-0.2, 0) is 15.9 Å². The van der Waals surface area contributed by atoms with E-state index in [2.05, 4.69) is 15.5 Å². The van der Waals surface area contributed by atoms with Gasteiger partial charge in [-0.3, -0.25) is 4.79 Å². The molecule has 2 fully saturated rings. The van der Waals surface area contributed by atoms with Gasteiger partial charge in [0.15, 0.2) is 11.6 Å². The van der Waals surface area contributed by atoms with E-state index >= 15 is 0 Å². The fourth-order valence-electron chi connectivity index (χ4n) is 5.99. The molecular weight excluding hydrogens is 578 g/mol. The first-order valence-corrected chi connectivity index (χ1v) is 14.1. The molecule has 2 aliphatic rings. The maximum Gasteiger partial charge on any atom is 0.315 e. The van der Waals surface area contributed by atoms with Crippen LogP contribution in [0.15, 0.2) is 78.9 Å². The normalized spacial score (nSPS) is 19.8. The molecule has 0 spiro atoms. The van der Waals surface area contributed by atoms with Gasteiger partial charge in [0.25, 0.3) is 5.91 Å². The zero-order valence-corrected chi connectivity index (χ0v) is 25.0. The number of nitrogens with one attached hydrogen (secondary N) is 2. The van der Waals surface area contributed by atoms with Gasteiger partial charge in [0.1, 0.15) is 5.60 Å². The highest BCUT2D eigenvalue weighted by atomic mass is 35.5. The van der Waals surface area contributed by atoms with Gasteiger partial charge in [0.05, 0.1) is 18.7 Å². The van der Waals surface area contributed by atoms with Crippen molar-refractivity contribution in [2.24, 2.45) is 0 Å². The van der Waals surface area contributed by atoms with Crippen LogP contribution < -0.4 is 10.6 Å². The summed E-state index contributed by atoms with van der Waals surface area (Å²) in [6, 6.07) is 22.7. The summed E-state index contributed by atoms with van der Waals surface area (Å²) in [7, 11) is 1.61. The summed E-state index contributed by atoms with van der Waals surface area (Å²) in [6.07, 6.45) is 1.90. The second-order valence-corrected chi connectivity index (χ2v) is 10.8. The number of urea groups is 1. The second-order valence-electron chi connectivity index (χ2n) is 10.8. The van der Waals surface area contributed by atoms with Crippen molar-refractivity contribution in [1.29, 1.82) is 0 Å². The molecule has 0 aromatic heterocycles. The number of halogens is 3. The monoisotopic (exact) mass is 616 g/mol. The first-order valence-electron chi connectivity index (χ1n) is 14.1. The fraction of sp³-hybridized carbons (Fsp3) is 0.375. The molecule has 3 aromatic carbocycles. The van der Waals surface area contributed by atoms with E-state index in [1.807, 2.05) is 48.5 Å². The van der Waals surface area contributed by atoms with Crippen molar-refractivity contribution < 1.29 is 28.6 Å². The fourth-order valence-corrected chi connectivity index (χ4v) is 5.99. The van der Waals surface area contributed by atoms with Crippen molar-refractivity contribution in [2.45, 2.75) is 30.4 Å². The van der Waals surface area contributed by atoms with Crippen LogP contribution in [0, 0.1) is 11.6 Å². The van der Waals surface area contributed by atoms with Gasteiger partial charge in [0.2, 0.25) is 0 Å². The molecule has 2 aliphatic heterocycles. The molecule has 0 radical (unpaired) electrons. The maximum absolute atomic E-state index is 14.4. The molecular formula is C32H39ClF2N4O4. The smallest absolute Gasteiger partial charge is 0.315 e. The Kier molecular flexibility index (Phi) is 11.6. The van der Waals surface area contributed by atoms with Crippen LogP contribution >= 0.6 is 12.4 Å². The highest BCUT2D eigenvalue weighted by Gasteiger charge is 2.42. The standard InChI is InChI=1S/C32H36F2N4O3.ClH.H2O/c1-35-30(40)36-31(25-10-6-3-7-11-25)14-17-37(18-15-31)19-16-32(26-12-13-27(33)28(34)22-26)23-38(20-21-41-32)29(39)24-8-4-2-5-9-24;;/h2-13,22H,14-21,23H2,1H3,(H2,35,36,40);1H;1H2. The van der Waals surface area contributed by atoms with Crippen molar-refractivity contribution in [2.75, 3.05) is 46.4 Å². The van der Waals surface area contributed by atoms with Crippen molar-refractivity contribution in [3.8, 4) is 0 Å². The number of likely N-dealkylation sites (tertiary alicyclic amines) is 1. The van der Waals surface area contributed by atoms with Gasteiger partial charge in [0, 0.05) is 38.8 Å².